The van der Waals surface area contributed by atoms with E-state index in [4.69, 9.17) is 10.5 Å². The fourth-order valence-corrected chi connectivity index (χ4v) is 2.75. The molecule has 1 saturated heterocycles. The molecule has 0 bridgehead atoms. The number of benzene rings is 1. The van der Waals surface area contributed by atoms with E-state index < -0.39 is 16.9 Å². The lowest BCUT2D eigenvalue weighted by Crippen LogP contribution is -2.30. The van der Waals surface area contributed by atoms with Gasteiger partial charge in [-0.25, -0.2) is 0 Å². The van der Waals surface area contributed by atoms with Gasteiger partial charge >= 0.3 is 0 Å². The number of carbonyl (C=O) groups is 1. The smallest absolute Gasteiger partial charge is 0.278 e. The number of rotatable bonds is 5. The molecule has 3 rings (SSSR count). The van der Waals surface area contributed by atoms with Crippen molar-refractivity contribution in [3.8, 4) is 0 Å². The number of nitrogens with two attached hydrogens (primary N) is 1. The zero-order chi connectivity index (χ0) is 16.4. The summed E-state index contributed by atoms with van der Waals surface area (Å²) in [5.41, 5.74) is 6.47. The number of nitrogens with zero attached hydrogens (tertiary/aromatic N) is 2. The minimum atomic E-state index is -0.534. The van der Waals surface area contributed by atoms with E-state index in [2.05, 4.69) is 10.3 Å². The Kier molecular flexibility index (Phi) is 4.07. The number of fused-ring (bicyclic) bond motifs is 1. The van der Waals surface area contributed by atoms with Gasteiger partial charge in [0.15, 0.2) is 0 Å². The third-order valence-corrected chi connectivity index (χ3v) is 3.89. The van der Waals surface area contributed by atoms with Crippen molar-refractivity contribution in [1.82, 2.24) is 4.98 Å². The summed E-state index contributed by atoms with van der Waals surface area (Å²) < 4.78 is 5.55. The van der Waals surface area contributed by atoms with Gasteiger partial charge in [-0.1, -0.05) is 0 Å². The first-order valence-corrected chi connectivity index (χ1v) is 7.27. The second-order valence-corrected chi connectivity index (χ2v) is 5.40. The molecule has 0 saturated carbocycles. The molecule has 2 aromatic rings. The van der Waals surface area contributed by atoms with Crippen molar-refractivity contribution in [2.24, 2.45) is 5.73 Å². The van der Waals surface area contributed by atoms with Gasteiger partial charge in [0.2, 0.25) is 5.91 Å². The number of aromatic nitrogens is 1. The molecule has 1 amide bonds. The lowest BCUT2D eigenvalue weighted by molar-refractivity contribution is -0.383. The van der Waals surface area contributed by atoms with Gasteiger partial charge in [-0.2, -0.15) is 0 Å². The summed E-state index contributed by atoms with van der Waals surface area (Å²) in [4.78, 5) is 26.0. The monoisotopic (exact) mass is 316 g/mol. The van der Waals surface area contributed by atoms with Crippen molar-refractivity contribution in [2.45, 2.75) is 25.0 Å². The minimum absolute atomic E-state index is 0.0181. The van der Waals surface area contributed by atoms with Crippen molar-refractivity contribution < 1.29 is 14.5 Å². The summed E-state index contributed by atoms with van der Waals surface area (Å²) in [6.07, 6.45) is 2.28. The third-order valence-electron chi connectivity index (χ3n) is 3.89. The largest absolute Gasteiger partial charge is 0.381 e. The highest BCUT2D eigenvalue weighted by molar-refractivity contribution is 5.96. The quantitative estimate of drug-likeness (QED) is 0.638. The summed E-state index contributed by atoms with van der Waals surface area (Å²) in [5.74, 6) is -0.449. The summed E-state index contributed by atoms with van der Waals surface area (Å²) in [5, 5.41) is 14.8. The molecule has 1 aliphatic heterocycles. The van der Waals surface area contributed by atoms with Crippen LogP contribution in [0, 0.1) is 10.1 Å². The van der Waals surface area contributed by atoms with Crippen LogP contribution >= 0.6 is 0 Å². The van der Waals surface area contributed by atoms with Crippen LogP contribution in [0.5, 0.6) is 0 Å². The number of carbonyl (C=O) groups excluding carboxylic acids is 1. The zero-order valence-electron chi connectivity index (χ0n) is 12.3. The van der Waals surface area contributed by atoms with Crippen LogP contribution < -0.4 is 11.1 Å². The van der Waals surface area contributed by atoms with Gasteiger partial charge < -0.3 is 15.8 Å². The maximum absolute atomic E-state index is 11.1. The van der Waals surface area contributed by atoms with E-state index >= 15 is 0 Å². The molecule has 0 aliphatic carbocycles. The Labute approximate surface area is 131 Å². The molecule has 0 radical (unpaired) electrons. The molecule has 23 heavy (non-hydrogen) atoms. The van der Waals surface area contributed by atoms with Gasteiger partial charge in [0.25, 0.3) is 5.69 Å². The number of nitro groups is 1. The van der Waals surface area contributed by atoms with Gasteiger partial charge in [-0.3, -0.25) is 19.9 Å². The van der Waals surface area contributed by atoms with E-state index in [1.54, 1.807) is 24.4 Å². The Hall–Kier alpha value is -2.74. The number of nitro benzene ring substituents is 1. The van der Waals surface area contributed by atoms with Crippen LogP contribution in [-0.4, -0.2) is 34.6 Å². The zero-order valence-corrected chi connectivity index (χ0v) is 12.3. The summed E-state index contributed by atoms with van der Waals surface area (Å²) in [7, 11) is 0. The molecule has 1 aromatic carbocycles. The molecular weight excluding hydrogens is 300 g/mol. The number of pyridine rings is 1. The average molecular weight is 316 g/mol. The topological polar surface area (TPSA) is 120 Å². The van der Waals surface area contributed by atoms with Gasteiger partial charge in [0.05, 0.1) is 22.1 Å². The van der Waals surface area contributed by atoms with E-state index in [-0.39, 0.29) is 11.8 Å². The van der Waals surface area contributed by atoms with E-state index in [1.807, 2.05) is 0 Å². The van der Waals surface area contributed by atoms with Crippen LogP contribution in [-0.2, 0) is 9.53 Å². The Balaban J connectivity index is 1.78. The molecule has 1 aliphatic rings. The normalized spacial score (nSPS) is 20.5. The molecule has 3 N–H and O–H groups in total. The molecular formula is C15H16N4O4. The van der Waals surface area contributed by atoms with E-state index in [1.165, 1.54) is 6.07 Å². The van der Waals surface area contributed by atoms with Gasteiger partial charge in [-0.05, 0) is 31.0 Å². The van der Waals surface area contributed by atoms with Crippen LogP contribution in [0.3, 0.4) is 0 Å². The number of anilines is 1. The highest BCUT2D eigenvalue weighted by Crippen LogP contribution is 2.30. The second kappa shape index (κ2) is 6.17. The van der Waals surface area contributed by atoms with Crippen LogP contribution in [0.2, 0.25) is 0 Å². The molecule has 120 valence electrons. The number of hydrogen-bond donors (Lipinski definition) is 2. The predicted octanol–water partition coefficient (Wildman–Crippen LogP) is 1.59. The molecule has 2 heterocycles. The predicted molar refractivity (Wildman–Crippen MR) is 84.0 cm³/mol. The van der Waals surface area contributed by atoms with E-state index in [0.717, 1.165) is 6.42 Å². The minimum Gasteiger partial charge on any atom is -0.381 e. The van der Waals surface area contributed by atoms with Crippen LogP contribution in [0.4, 0.5) is 11.4 Å². The molecule has 8 heteroatoms. The molecule has 0 spiro atoms. The number of amides is 1. The first-order chi connectivity index (χ1) is 11.1. The van der Waals surface area contributed by atoms with Gasteiger partial charge in [0.1, 0.15) is 11.6 Å². The van der Waals surface area contributed by atoms with Crippen LogP contribution in [0.25, 0.3) is 10.9 Å². The Morgan fingerprint density at radius 2 is 2.26 bits per heavy atom. The van der Waals surface area contributed by atoms with Crippen molar-refractivity contribution in [3.63, 3.8) is 0 Å². The number of nitrogens with one attached hydrogen (secondary N) is 1. The number of hydrogen-bond acceptors (Lipinski definition) is 6. The molecule has 1 fully saturated rings. The van der Waals surface area contributed by atoms with Crippen LogP contribution in [0.1, 0.15) is 12.8 Å². The Morgan fingerprint density at radius 3 is 2.96 bits per heavy atom. The van der Waals surface area contributed by atoms with E-state index in [9.17, 15) is 14.9 Å². The third kappa shape index (κ3) is 3.07. The average Bonchev–Trinajstić information content (AvgIpc) is 3.01. The first kappa shape index (κ1) is 15.2. The lowest BCUT2D eigenvalue weighted by Gasteiger charge is -2.14. The summed E-state index contributed by atoms with van der Waals surface area (Å²) in [6, 6.07) is 6.42. The summed E-state index contributed by atoms with van der Waals surface area (Å²) in [6.45, 7) is 0.479. The van der Waals surface area contributed by atoms with Crippen LogP contribution in [0.15, 0.2) is 30.5 Å². The highest BCUT2D eigenvalue weighted by atomic mass is 16.6. The fraction of sp³-hybridized carbons (Fsp3) is 0.333. The van der Waals surface area contributed by atoms with E-state index in [0.29, 0.717) is 29.6 Å². The fourth-order valence-electron chi connectivity index (χ4n) is 2.75. The van der Waals surface area contributed by atoms with Crippen molar-refractivity contribution in [1.29, 1.82) is 0 Å². The number of ether oxygens (including phenoxy) is 1. The maximum Gasteiger partial charge on any atom is 0.278 e. The molecule has 2 unspecified atom stereocenters. The number of primary amides is 1. The highest BCUT2D eigenvalue weighted by Gasteiger charge is 2.29. The van der Waals surface area contributed by atoms with Crippen molar-refractivity contribution in [2.75, 3.05) is 11.9 Å². The lowest BCUT2D eigenvalue weighted by atomic mass is 10.1. The maximum atomic E-state index is 11.1. The Morgan fingerprint density at radius 1 is 1.43 bits per heavy atom. The van der Waals surface area contributed by atoms with Crippen molar-refractivity contribution >= 4 is 28.2 Å². The van der Waals surface area contributed by atoms with Crippen molar-refractivity contribution in [3.05, 3.63) is 40.6 Å². The standard InChI is InChI=1S/C15H16N4O4/c16-15(20)13-6-3-9(23-13)8-18-11-4-5-12(19(21)22)10-2-1-7-17-14(10)11/h1-2,4-5,7,9,13,18H,3,6,8H2,(H2,16,20). The first-order valence-electron chi connectivity index (χ1n) is 7.27. The number of non-ortho nitro benzene ring substituents is 1. The molecule has 8 nitrogen and oxygen atoms in total. The molecule has 2 atom stereocenters. The summed E-state index contributed by atoms with van der Waals surface area (Å²) >= 11 is 0. The van der Waals surface area contributed by atoms with Gasteiger partial charge in [-0.15, -0.1) is 0 Å². The Bertz CT molecular complexity index is 764. The molecule has 1 aromatic heterocycles. The van der Waals surface area contributed by atoms with Gasteiger partial charge in [0, 0.05) is 18.8 Å². The second-order valence-electron chi connectivity index (χ2n) is 5.40. The SMILES string of the molecule is NC(=O)C1CCC(CNc2ccc([N+](=O)[O-])c3cccnc23)O1.